The average Bonchev–Trinajstić information content (AvgIpc) is 3.34. The minimum absolute atomic E-state index is 0.159. The number of carbonyl (C=O) groups excluding carboxylic acids is 1. The van der Waals surface area contributed by atoms with Crippen LogP contribution in [0.2, 0.25) is 0 Å². The van der Waals surface area contributed by atoms with Crippen LogP contribution >= 0.6 is 0 Å². The fraction of sp³-hybridized carbons (Fsp3) is 0.391. The van der Waals surface area contributed by atoms with Crippen LogP contribution in [0.3, 0.4) is 0 Å². The lowest BCUT2D eigenvalue weighted by molar-refractivity contribution is 0.0624. The molecule has 1 fully saturated rings. The van der Waals surface area contributed by atoms with Gasteiger partial charge in [0.25, 0.3) is 5.91 Å². The first-order valence-corrected chi connectivity index (χ1v) is 13.0. The third-order valence-corrected chi connectivity index (χ3v) is 8.21. The molecule has 0 saturated carbocycles. The van der Waals surface area contributed by atoms with E-state index >= 15 is 0 Å². The number of tetrazole rings is 1. The number of hydrogen-bond donors (Lipinski definition) is 0. The van der Waals surface area contributed by atoms with Gasteiger partial charge in [-0.05, 0) is 46.8 Å². The smallest absolute Gasteiger partial charge is 0.253 e. The predicted octanol–water partition coefficient (Wildman–Crippen LogP) is 1.93. The molecule has 1 aliphatic rings. The van der Waals surface area contributed by atoms with Crippen molar-refractivity contribution in [1.82, 2.24) is 34.3 Å². The van der Waals surface area contributed by atoms with Crippen LogP contribution < -0.4 is 0 Å². The van der Waals surface area contributed by atoms with Gasteiger partial charge in [-0.2, -0.15) is 8.99 Å². The molecule has 1 amide bonds. The molecule has 2 heterocycles. The summed E-state index contributed by atoms with van der Waals surface area (Å²) in [5.41, 5.74) is 0.735. The van der Waals surface area contributed by atoms with E-state index in [1.807, 2.05) is 0 Å². The third kappa shape index (κ3) is 5.27. The number of piperazine rings is 1. The zero-order valence-electron chi connectivity index (χ0n) is 20.0. The van der Waals surface area contributed by atoms with E-state index in [9.17, 15) is 22.0 Å². The van der Waals surface area contributed by atoms with Crippen molar-refractivity contribution in [3.05, 3.63) is 65.5 Å². The summed E-state index contributed by atoms with van der Waals surface area (Å²) in [6, 6.07) is 9.47. The van der Waals surface area contributed by atoms with Crippen molar-refractivity contribution < 1.29 is 22.0 Å². The molecule has 1 aliphatic heterocycles. The molecule has 1 saturated heterocycles. The SMILES string of the molecule is CCN(CC)S(=O)(=O)c1ccc(C(=O)N2CCN(Cc3nnnn3-c3ccc(F)c(F)c3)CC2)cc1. The molecule has 0 N–H and O–H groups in total. The van der Waals surface area contributed by atoms with Gasteiger partial charge in [-0.25, -0.2) is 17.2 Å². The van der Waals surface area contributed by atoms with Crippen LogP contribution in [0.25, 0.3) is 5.69 Å². The first-order chi connectivity index (χ1) is 17.2. The molecular weight excluding hydrogens is 492 g/mol. The Morgan fingerprint density at radius 3 is 2.25 bits per heavy atom. The number of aromatic nitrogens is 4. The van der Waals surface area contributed by atoms with Crippen LogP contribution in [0.15, 0.2) is 47.4 Å². The van der Waals surface area contributed by atoms with Crippen molar-refractivity contribution in [1.29, 1.82) is 0 Å². The number of rotatable bonds is 8. The van der Waals surface area contributed by atoms with Crippen molar-refractivity contribution in [2.24, 2.45) is 0 Å². The first-order valence-electron chi connectivity index (χ1n) is 11.6. The Labute approximate surface area is 208 Å². The summed E-state index contributed by atoms with van der Waals surface area (Å²) in [6.45, 7) is 6.72. The molecule has 0 bridgehead atoms. The quantitative estimate of drug-likeness (QED) is 0.448. The van der Waals surface area contributed by atoms with Crippen molar-refractivity contribution in [2.75, 3.05) is 39.3 Å². The number of carbonyl (C=O) groups is 1. The largest absolute Gasteiger partial charge is 0.336 e. The molecule has 0 spiro atoms. The fourth-order valence-electron chi connectivity index (χ4n) is 4.10. The molecule has 192 valence electrons. The summed E-state index contributed by atoms with van der Waals surface area (Å²) >= 11 is 0. The van der Waals surface area contributed by atoms with E-state index in [0.717, 1.165) is 12.1 Å². The molecule has 0 aliphatic carbocycles. The molecule has 13 heteroatoms. The number of sulfonamides is 1. The molecule has 0 atom stereocenters. The standard InChI is InChI=1S/C23H27F2N7O3S/c1-3-31(4-2)36(34,35)19-8-5-17(6-9-19)23(33)30-13-11-29(12-14-30)16-22-26-27-28-32(22)18-7-10-20(24)21(25)15-18/h5-10,15H,3-4,11-14,16H2,1-2H3. The summed E-state index contributed by atoms with van der Waals surface area (Å²) in [4.78, 5) is 16.9. The molecule has 4 rings (SSSR count). The number of nitrogens with zero attached hydrogens (tertiary/aromatic N) is 7. The maximum absolute atomic E-state index is 13.6. The lowest BCUT2D eigenvalue weighted by Gasteiger charge is -2.34. The van der Waals surface area contributed by atoms with Crippen LogP contribution in [-0.2, 0) is 16.6 Å². The van der Waals surface area contributed by atoms with Gasteiger partial charge in [0.05, 0.1) is 17.1 Å². The third-order valence-electron chi connectivity index (χ3n) is 6.15. The number of benzene rings is 2. The highest BCUT2D eigenvalue weighted by atomic mass is 32.2. The summed E-state index contributed by atoms with van der Waals surface area (Å²) in [5.74, 6) is -1.65. The fourth-order valence-corrected chi connectivity index (χ4v) is 5.55. The molecule has 2 aromatic carbocycles. The van der Waals surface area contributed by atoms with Gasteiger partial charge in [-0.1, -0.05) is 13.8 Å². The molecule has 0 unspecified atom stereocenters. The Kier molecular flexibility index (Phi) is 7.71. The monoisotopic (exact) mass is 519 g/mol. The van der Waals surface area contributed by atoms with Crippen LogP contribution in [0.5, 0.6) is 0 Å². The Morgan fingerprint density at radius 2 is 1.64 bits per heavy atom. The van der Waals surface area contributed by atoms with E-state index in [0.29, 0.717) is 62.9 Å². The minimum Gasteiger partial charge on any atom is -0.336 e. The number of halogens is 2. The first kappa shape index (κ1) is 25.8. The Morgan fingerprint density at radius 1 is 0.972 bits per heavy atom. The second-order valence-corrected chi connectivity index (χ2v) is 10.2. The summed E-state index contributed by atoms with van der Waals surface area (Å²) in [7, 11) is -3.58. The summed E-state index contributed by atoms with van der Waals surface area (Å²) in [6.07, 6.45) is 0. The van der Waals surface area contributed by atoms with Crippen LogP contribution in [0.4, 0.5) is 8.78 Å². The van der Waals surface area contributed by atoms with E-state index < -0.39 is 21.7 Å². The van der Waals surface area contributed by atoms with Gasteiger partial charge in [-0.15, -0.1) is 5.10 Å². The maximum atomic E-state index is 13.6. The number of hydrogen-bond acceptors (Lipinski definition) is 7. The molecule has 10 nitrogen and oxygen atoms in total. The Bertz CT molecular complexity index is 1320. The highest BCUT2D eigenvalue weighted by molar-refractivity contribution is 7.89. The van der Waals surface area contributed by atoms with Gasteiger partial charge < -0.3 is 4.90 Å². The molecule has 1 aromatic heterocycles. The van der Waals surface area contributed by atoms with Gasteiger partial charge in [-0.3, -0.25) is 9.69 Å². The Hall–Kier alpha value is -3.29. The average molecular weight is 520 g/mol. The van der Waals surface area contributed by atoms with Crippen LogP contribution in [0, 0.1) is 11.6 Å². The summed E-state index contributed by atoms with van der Waals surface area (Å²) in [5, 5.41) is 11.5. The van der Waals surface area contributed by atoms with E-state index in [2.05, 4.69) is 20.4 Å². The molecular formula is C23H27F2N7O3S. The second kappa shape index (κ2) is 10.8. The van der Waals surface area contributed by atoms with Gasteiger partial charge in [0, 0.05) is 50.9 Å². The highest BCUT2D eigenvalue weighted by Gasteiger charge is 2.25. The Balaban J connectivity index is 1.37. The van der Waals surface area contributed by atoms with E-state index in [1.165, 1.54) is 27.2 Å². The van der Waals surface area contributed by atoms with Gasteiger partial charge in [0.1, 0.15) is 0 Å². The van der Waals surface area contributed by atoms with Gasteiger partial charge in [0.2, 0.25) is 10.0 Å². The minimum atomic E-state index is -3.58. The van der Waals surface area contributed by atoms with Crippen molar-refractivity contribution in [2.45, 2.75) is 25.3 Å². The number of amides is 1. The van der Waals surface area contributed by atoms with Crippen molar-refractivity contribution in [3.8, 4) is 5.69 Å². The lowest BCUT2D eigenvalue weighted by atomic mass is 10.2. The van der Waals surface area contributed by atoms with Gasteiger partial charge >= 0.3 is 0 Å². The highest BCUT2D eigenvalue weighted by Crippen LogP contribution is 2.19. The second-order valence-electron chi connectivity index (χ2n) is 8.29. The lowest BCUT2D eigenvalue weighted by Crippen LogP contribution is -2.48. The maximum Gasteiger partial charge on any atom is 0.253 e. The topological polar surface area (TPSA) is 105 Å². The summed E-state index contributed by atoms with van der Waals surface area (Å²) < 4.78 is 54.9. The van der Waals surface area contributed by atoms with E-state index in [4.69, 9.17) is 0 Å². The normalized spacial score (nSPS) is 15.0. The molecule has 3 aromatic rings. The van der Waals surface area contributed by atoms with Crippen LogP contribution in [-0.4, -0.2) is 87.9 Å². The van der Waals surface area contributed by atoms with Crippen molar-refractivity contribution in [3.63, 3.8) is 0 Å². The van der Waals surface area contributed by atoms with E-state index in [1.54, 1.807) is 30.9 Å². The zero-order chi connectivity index (χ0) is 25.9. The van der Waals surface area contributed by atoms with Gasteiger partial charge in [0.15, 0.2) is 17.5 Å². The van der Waals surface area contributed by atoms with Crippen LogP contribution in [0.1, 0.15) is 30.0 Å². The van der Waals surface area contributed by atoms with E-state index in [-0.39, 0.29) is 10.8 Å². The predicted molar refractivity (Wildman–Crippen MR) is 127 cm³/mol. The van der Waals surface area contributed by atoms with Crippen molar-refractivity contribution >= 4 is 15.9 Å². The molecule has 0 radical (unpaired) electrons. The molecule has 36 heavy (non-hydrogen) atoms. The zero-order valence-corrected chi connectivity index (χ0v) is 20.8.